The van der Waals surface area contributed by atoms with Crippen LogP contribution in [0.1, 0.15) is 17.2 Å². The summed E-state index contributed by atoms with van der Waals surface area (Å²) < 4.78 is 37.5. The Morgan fingerprint density at radius 1 is 1.31 bits per heavy atom. The summed E-state index contributed by atoms with van der Waals surface area (Å²) in [6.07, 6.45) is -4.30. The van der Waals surface area contributed by atoms with Crippen molar-refractivity contribution in [1.82, 2.24) is 4.90 Å². The molecule has 16 heavy (non-hydrogen) atoms. The minimum absolute atomic E-state index is 0.192. The van der Waals surface area contributed by atoms with E-state index in [1.807, 2.05) is 0 Å². The molecule has 0 bridgehead atoms. The number of hydrogen-bond donors (Lipinski definition) is 1. The quantitative estimate of drug-likeness (QED) is 0.866. The van der Waals surface area contributed by atoms with Crippen molar-refractivity contribution >= 4 is 0 Å². The summed E-state index contributed by atoms with van der Waals surface area (Å²) >= 11 is 0. The topological polar surface area (TPSA) is 29.3 Å². The Morgan fingerprint density at radius 3 is 2.38 bits per heavy atom. The van der Waals surface area contributed by atoms with Crippen molar-refractivity contribution in [3.8, 4) is 0 Å². The molecule has 0 aromatic heterocycles. The zero-order chi connectivity index (χ0) is 12.3. The smallest absolute Gasteiger partial charge is 0.329 e. The van der Waals surface area contributed by atoms with Crippen LogP contribution in [0, 0.1) is 0 Å². The summed E-state index contributed by atoms with van der Waals surface area (Å²) in [4.78, 5) is 1.80. The van der Waals surface area contributed by atoms with Gasteiger partial charge in [0.2, 0.25) is 0 Å². The highest BCUT2D eigenvalue weighted by Gasteiger charge is 2.31. The molecule has 0 saturated heterocycles. The number of nitrogens with two attached hydrogens (primary N) is 1. The first-order valence-electron chi connectivity index (χ1n) is 4.90. The molecule has 0 aliphatic rings. The average molecular weight is 232 g/mol. The van der Waals surface area contributed by atoms with E-state index in [0.29, 0.717) is 5.56 Å². The molecule has 5 heteroatoms. The highest BCUT2D eigenvalue weighted by molar-refractivity contribution is 5.28. The zero-order valence-electron chi connectivity index (χ0n) is 9.25. The second kappa shape index (κ2) is 4.84. The van der Waals surface area contributed by atoms with Gasteiger partial charge in [0.1, 0.15) is 0 Å². The van der Waals surface area contributed by atoms with Crippen molar-refractivity contribution in [2.24, 2.45) is 5.73 Å². The second-order valence-electron chi connectivity index (χ2n) is 3.84. The predicted molar refractivity (Wildman–Crippen MR) is 56.9 cm³/mol. The first kappa shape index (κ1) is 13.0. The van der Waals surface area contributed by atoms with E-state index in [2.05, 4.69) is 0 Å². The lowest BCUT2D eigenvalue weighted by Crippen LogP contribution is -2.27. The molecule has 0 aliphatic heterocycles. The fourth-order valence-electron chi connectivity index (χ4n) is 1.57. The molecule has 0 saturated carbocycles. The minimum Gasteiger partial charge on any atom is -0.329 e. The van der Waals surface area contributed by atoms with Gasteiger partial charge in [-0.1, -0.05) is 12.1 Å². The summed E-state index contributed by atoms with van der Waals surface area (Å²) in [5.74, 6) is 0. The van der Waals surface area contributed by atoms with Gasteiger partial charge in [-0.3, -0.25) is 0 Å². The van der Waals surface area contributed by atoms with Gasteiger partial charge in [0, 0.05) is 12.6 Å². The lowest BCUT2D eigenvalue weighted by Gasteiger charge is -2.23. The molecular formula is C11H15F3N2. The van der Waals surface area contributed by atoms with E-state index in [1.165, 1.54) is 6.07 Å². The van der Waals surface area contributed by atoms with Gasteiger partial charge in [0.25, 0.3) is 0 Å². The van der Waals surface area contributed by atoms with Crippen molar-refractivity contribution in [3.63, 3.8) is 0 Å². The Labute approximate surface area is 92.9 Å². The van der Waals surface area contributed by atoms with Gasteiger partial charge in [-0.25, -0.2) is 0 Å². The number of likely N-dealkylation sites (N-methyl/N-ethyl adjacent to an activating group) is 1. The Bertz CT molecular complexity index is 347. The van der Waals surface area contributed by atoms with Crippen LogP contribution in [0.5, 0.6) is 0 Å². The lowest BCUT2D eigenvalue weighted by atomic mass is 10.0. The van der Waals surface area contributed by atoms with E-state index < -0.39 is 11.7 Å². The second-order valence-corrected chi connectivity index (χ2v) is 3.84. The Kier molecular flexibility index (Phi) is 3.93. The van der Waals surface area contributed by atoms with Crippen LogP contribution in [0.2, 0.25) is 0 Å². The Morgan fingerprint density at radius 2 is 1.94 bits per heavy atom. The third kappa shape index (κ3) is 2.96. The van der Waals surface area contributed by atoms with Gasteiger partial charge in [-0.15, -0.1) is 0 Å². The summed E-state index contributed by atoms with van der Waals surface area (Å²) in [6, 6.07) is 5.09. The predicted octanol–water partition coefficient (Wildman–Crippen LogP) is 2.27. The van der Waals surface area contributed by atoms with Gasteiger partial charge < -0.3 is 10.6 Å². The number of alkyl halides is 3. The van der Waals surface area contributed by atoms with Crippen molar-refractivity contribution in [3.05, 3.63) is 35.4 Å². The molecule has 0 radical (unpaired) electrons. The van der Waals surface area contributed by atoms with Crippen LogP contribution in [0.3, 0.4) is 0 Å². The molecule has 2 N–H and O–H groups in total. The zero-order valence-corrected chi connectivity index (χ0v) is 9.25. The summed E-state index contributed by atoms with van der Waals surface area (Å²) in [6.45, 7) is 0.286. The standard InChI is InChI=1S/C11H15F3N2/c1-16(2)10(7-15)8-4-3-5-9(6-8)11(12,13)14/h3-6,10H,7,15H2,1-2H3/t10-/m0/s1. The van der Waals surface area contributed by atoms with Gasteiger partial charge in [-0.05, 0) is 31.8 Å². The van der Waals surface area contributed by atoms with E-state index in [9.17, 15) is 13.2 Å². The van der Waals surface area contributed by atoms with Crippen molar-refractivity contribution in [2.45, 2.75) is 12.2 Å². The van der Waals surface area contributed by atoms with Crippen LogP contribution in [-0.4, -0.2) is 25.5 Å². The molecule has 0 spiro atoms. The van der Waals surface area contributed by atoms with E-state index in [4.69, 9.17) is 5.73 Å². The first-order chi connectivity index (χ1) is 7.36. The molecular weight excluding hydrogens is 217 g/mol. The third-order valence-corrected chi connectivity index (χ3v) is 2.45. The van der Waals surface area contributed by atoms with Crippen LogP contribution in [0.4, 0.5) is 13.2 Å². The monoisotopic (exact) mass is 232 g/mol. The van der Waals surface area contributed by atoms with Crippen LogP contribution in [0.25, 0.3) is 0 Å². The summed E-state index contributed by atoms with van der Waals surface area (Å²) in [5.41, 5.74) is 5.49. The van der Waals surface area contributed by atoms with Gasteiger partial charge in [0.05, 0.1) is 5.56 Å². The Balaban J connectivity index is 3.07. The number of hydrogen-bond acceptors (Lipinski definition) is 2. The normalized spacial score (nSPS) is 14.2. The molecule has 90 valence electrons. The molecule has 1 aromatic carbocycles. The first-order valence-corrected chi connectivity index (χ1v) is 4.90. The number of benzene rings is 1. The molecule has 0 unspecified atom stereocenters. The molecule has 1 rings (SSSR count). The molecule has 0 heterocycles. The van der Waals surface area contributed by atoms with Crippen molar-refractivity contribution < 1.29 is 13.2 Å². The van der Waals surface area contributed by atoms with Crippen LogP contribution >= 0.6 is 0 Å². The maximum Gasteiger partial charge on any atom is 0.416 e. The van der Waals surface area contributed by atoms with Gasteiger partial charge in [-0.2, -0.15) is 13.2 Å². The van der Waals surface area contributed by atoms with E-state index in [-0.39, 0.29) is 12.6 Å². The fourth-order valence-corrected chi connectivity index (χ4v) is 1.57. The molecule has 0 amide bonds. The number of halogens is 3. The van der Waals surface area contributed by atoms with E-state index in [0.717, 1.165) is 12.1 Å². The third-order valence-electron chi connectivity index (χ3n) is 2.45. The van der Waals surface area contributed by atoms with Crippen LogP contribution in [0.15, 0.2) is 24.3 Å². The summed E-state index contributed by atoms with van der Waals surface area (Å²) in [7, 11) is 3.58. The van der Waals surface area contributed by atoms with Crippen LogP contribution < -0.4 is 5.73 Å². The molecule has 0 fully saturated rings. The minimum atomic E-state index is -4.30. The lowest BCUT2D eigenvalue weighted by molar-refractivity contribution is -0.137. The SMILES string of the molecule is CN(C)[C@@H](CN)c1cccc(C(F)(F)F)c1. The van der Waals surface area contributed by atoms with E-state index in [1.54, 1.807) is 25.1 Å². The fraction of sp³-hybridized carbons (Fsp3) is 0.455. The van der Waals surface area contributed by atoms with Crippen molar-refractivity contribution in [1.29, 1.82) is 0 Å². The summed E-state index contributed by atoms with van der Waals surface area (Å²) in [5, 5.41) is 0. The molecule has 1 aromatic rings. The largest absolute Gasteiger partial charge is 0.416 e. The van der Waals surface area contributed by atoms with Crippen LogP contribution in [-0.2, 0) is 6.18 Å². The maximum atomic E-state index is 12.5. The Hall–Kier alpha value is -1.07. The average Bonchev–Trinajstić information content (AvgIpc) is 2.17. The molecule has 2 nitrogen and oxygen atoms in total. The number of nitrogens with zero attached hydrogens (tertiary/aromatic N) is 1. The van der Waals surface area contributed by atoms with Gasteiger partial charge in [0.15, 0.2) is 0 Å². The molecule has 1 atom stereocenters. The van der Waals surface area contributed by atoms with Gasteiger partial charge >= 0.3 is 6.18 Å². The van der Waals surface area contributed by atoms with E-state index >= 15 is 0 Å². The highest BCUT2D eigenvalue weighted by Crippen LogP contribution is 2.31. The molecule has 0 aliphatic carbocycles. The number of rotatable bonds is 3. The maximum absolute atomic E-state index is 12.5. The highest BCUT2D eigenvalue weighted by atomic mass is 19.4. The van der Waals surface area contributed by atoms with Crippen molar-refractivity contribution in [2.75, 3.05) is 20.6 Å².